The summed E-state index contributed by atoms with van der Waals surface area (Å²) in [6.45, 7) is 4.19. The first kappa shape index (κ1) is 25.3. The van der Waals surface area contributed by atoms with Gasteiger partial charge in [-0.3, -0.25) is 14.4 Å². The van der Waals surface area contributed by atoms with Crippen LogP contribution in [0.1, 0.15) is 42.1 Å². The average molecular weight is 505 g/mol. The van der Waals surface area contributed by atoms with Gasteiger partial charge in [0.15, 0.2) is 0 Å². The molecule has 1 heterocycles. The lowest BCUT2D eigenvalue weighted by atomic mass is 10.0. The number of benzene rings is 3. The maximum Gasteiger partial charge on any atom is 0.263 e. The van der Waals surface area contributed by atoms with Gasteiger partial charge in [0.2, 0.25) is 11.8 Å². The standard InChI is InChI=1S/C28H28N2O5S/c1-17(2)18-8-12-20(13-9-18)30-25(31)16-24(28(30)33)36-21-14-10-19(11-15-21)29-27(32)26-22(34-3)6-5-7-23(26)35-4/h5-15,17,24H,16H2,1-4H3,(H,29,32). The number of hydrogen-bond donors (Lipinski definition) is 1. The van der Waals surface area contributed by atoms with E-state index in [9.17, 15) is 14.4 Å². The summed E-state index contributed by atoms with van der Waals surface area (Å²) < 4.78 is 10.6. The fraction of sp³-hybridized carbons (Fsp3) is 0.250. The summed E-state index contributed by atoms with van der Waals surface area (Å²) in [4.78, 5) is 40.7. The van der Waals surface area contributed by atoms with E-state index in [2.05, 4.69) is 19.2 Å². The van der Waals surface area contributed by atoms with E-state index in [0.717, 1.165) is 10.5 Å². The molecule has 8 heteroatoms. The van der Waals surface area contributed by atoms with E-state index in [-0.39, 0.29) is 24.1 Å². The van der Waals surface area contributed by atoms with Crippen molar-refractivity contribution in [3.8, 4) is 11.5 Å². The molecule has 0 aliphatic carbocycles. The number of carbonyl (C=O) groups excluding carboxylic acids is 3. The molecule has 1 N–H and O–H groups in total. The van der Waals surface area contributed by atoms with Crippen molar-refractivity contribution in [2.45, 2.75) is 36.3 Å². The molecule has 0 aromatic heterocycles. The lowest BCUT2D eigenvalue weighted by Gasteiger charge is -2.16. The van der Waals surface area contributed by atoms with E-state index < -0.39 is 5.25 Å². The van der Waals surface area contributed by atoms with Crippen LogP contribution in [-0.4, -0.2) is 37.2 Å². The van der Waals surface area contributed by atoms with Crippen LogP contribution in [0.4, 0.5) is 11.4 Å². The number of nitrogens with zero attached hydrogens (tertiary/aromatic N) is 1. The van der Waals surface area contributed by atoms with E-state index in [4.69, 9.17) is 9.47 Å². The molecule has 0 radical (unpaired) electrons. The second-order valence-corrected chi connectivity index (χ2v) is 9.92. The Morgan fingerprint density at radius 1 is 0.944 bits per heavy atom. The molecule has 1 atom stereocenters. The summed E-state index contributed by atoms with van der Waals surface area (Å²) in [7, 11) is 2.99. The maximum absolute atomic E-state index is 13.0. The van der Waals surface area contributed by atoms with Gasteiger partial charge in [0, 0.05) is 17.0 Å². The van der Waals surface area contributed by atoms with E-state index >= 15 is 0 Å². The lowest BCUT2D eigenvalue weighted by molar-refractivity contribution is -0.121. The van der Waals surface area contributed by atoms with Gasteiger partial charge in [-0.15, -0.1) is 11.8 Å². The second-order valence-electron chi connectivity index (χ2n) is 8.64. The van der Waals surface area contributed by atoms with Crippen LogP contribution in [0.5, 0.6) is 11.5 Å². The molecule has 1 aliphatic rings. The Kier molecular flexibility index (Phi) is 7.64. The molecule has 0 spiro atoms. The fourth-order valence-corrected chi connectivity index (χ4v) is 5.08. The minimum absolute atomic E-state index is 0.140. The predicted molar refractivity (Wildman–Crippen MR) is 141 cm³/mol. The van der Waals surface area contributed by atoms with Crippen molar-refractivity contribution in [3.05, 3.63) is 77.9 Å². The van der Waals surface area contributed by atoms with Gasteiger partial charge in [0.05, 0.1) is 25.2 Å². The zero-order valence-electron chi connectivity index (χ0n) is 20.6. The van der Waals surface area contributed by atoms with Gasteiger partial charge in [0.1, 0.15) is 17.1 Å². The van der Waals surface area contributed by atoms with E-state index in [1.807, 2.05) is 36.4 Å². The van der Waals surface area contributed by atoms with Gasteiger partial charge in [-0.05, 0) is 60.0 Å². The molecule has 186 valence electrons. The summed E-state index contributed by atoms with van der Waals surface area (Å²) in [6, 6.07) is 19.8. The Labute approximate surface area is 214 Å². The number of thioether (sulfide) groups is 1. The Bertz CT molecular complexity index is 1250. The van der Waals surface area contributed by atoms with Crippen LogP contribution < -0.4 is 19.7 Å². The third-order valence-electron chi connectivity index (χ3n) is 5.97. The van der Waals surface area contributed by atoms with Gasteiger partial charge < -0.3 is 14.8 Å². The normalized spacial score (nSPS) is 15.4. The van der Waals surface area contributed by atoms with Crippen LogP contribution >= 0.6 is 11.8 Å². The fourth-order valence-electron chi connectivity index (χ4n) is 4.03. The molecule has 0 saturated carbocycles. The Morgan fingerprint density at radius 3 is 2.11 bits per heavy atom. The summed E-state index contributed by atoms with van der Waals surface area (Å²) in [5, 5.41) is 2.35. The van der Waals surface area contributed by atoms with Crippen LogP contribution in [0.2, 0.25) is 0 Å². The van der Waals surface area contributed by atoms with Gasteiger partial charge in [-0.2, -0.15) is 0 Å². The largest absolute Gasteiger partial charge is 0.496 e. The summed E-state index contributed by atoms with van der Waals surface area (Å²) in [5.41, 5.74) is 2.64. The zero-order valence-corrected chi connectivity index (χ0v) is 21.4. The van der Waals surface area contributed by atoms with Gasteiger partial charge >= 0.3 is 0 Å². The van der Waals surface area contributed by atoms with Crippen LogP contribution in [0, 0.1) is 0 Å². The smallest absolute Gasteiger partial charge is 0.263 e. The number of imide groups is 1. The molecule has 4 rings (SSSR count). The molecule has 36 heavy (non-hydrogen) atoms. The zero-order chi connectivity index (χ0) is 25.8. The van der Waals surface area contributed by atoms with Crippen molar-refractivity contribution in [2.24, 2.45) is 0 Å². The summed E-state index contributed by atoms with van der Waals surface area (Å²) >= 11 is 1.34. The lowest BCUT2D eigenvalue weighted by Crippen LogP contribution is -2.31. The first-order valence-electron chi connectivity index (χ1n) is 11.6. The molecular formula is C28H28N2O5S. The summed E-state index contributed by atoms with van der Waals surface area (Å²) in [5.74, 6) is 0.406. The first-order valence-corrected chi connectivity index (χ1v) is 12.5. The molecular weight excluding hydrogens is 476 g/mol. The number of nitrogens with one attached hydrogen (secondary N) is 1. The Balaban J connectivity index is 1.43. The SMILES string of the molecule is COc1cccc(OC)c1C(=O)Nc1ccc(SC2CC(=O)N(c3ccc(C(C)C)cc3)C2=O)cc1. The van der Waals surface area contributed by atoms with Crippen molar-refractivity contribution >= 4 is 40.9 Å². The number of methoxy groups -OCH3 is 2. The van der Waals surface area contributed by atoms with Crippen LogP contribution in [-0.2, 0) is 9.59 Å². The van der Waals surface area contributed by atoms with Crippen molar-refractivity contribution in [2.75, 3.05) is 24.4 Å². The average Bonchev–Trinajstić information content (AvgIpc) is 3.16. The molecule has 1 aliphatic heterocycles. The highest BCUT2D eigenvalue weighted by Gasteiger charge is 2.40. The highest BCUT2D eigenvalue weighted by molar-refractivity contribution is 8.00. The monoisotopic (exact) mass is 504 g/mol. The van der Waals surface area contributed by atoms with Gasteiger partial charge in [0.25, 0.3) is 5.91 Å². The van der Waals surface area contributed by atoms with Crippen molar-refractivity contribution in [1.82, 2.24) is 0 Å². The van der Waals surface area contributed by atoms with E-state index in [1.54, 1.807) is 30.3 Å². The Morgan fingerprint density at radius 2 is 1.56 bits per heavy atom. The third kappa shape index (κ3) is 5.23. The van der Waals surface area contributed by atoms with Gasteiger partial charge in [-0.25, -0.2) is 4.90 Å². The van der Waals surface area contributed by atoms with Crippen LogP contribution in [0.15, 0.2) is 71.6 Å². The van der Waals surface area contributed by atoms with Crippen molar-refractivity contribution in [3.63, 3.8) is 0 Å². The first-order chi connectivity index (χ1) is 17.3. The number of hydrogen-bond acceptors (Lipinski definition) is 6. The number of anilines is 2. The topological polar surface area (TPSA) is 84.9 Å². The Hall–Kier alpha value is -3.78. The highest BCUT2D eigenvalue weighted by Crippen LogP contribution is 2.35. The second kappa shape index (κ2) is 10.9. The molecule has 1 fully saturated rings. The molecule has 7 nitrogen and oxygen atoms in total. The summed E-state index contributed by atoms with van der Waals surface area (Å²) in [6.07, 6.45) is 0.140. The van der Waals surface area contributed by atoms with Crippen LogP contribution in [0.3, 0.4) is 0 Å². The third-order valence-corrected chi connectivity index (χ3v) is 7.17. The van der Waals surface area contributed by atoms with Crippen molar-refractivity contribution in [1.29, 1.82) is 0 Å². The quantitative estimate of drug-likeness (QED) is 0.408. The molecule has 0 bridgehead atoms. The number of ether oxygens (including phenoxy) is 2. The molecule has 3 aromatic rings. The molecule has 1 unspecified atom stereocenters. The minimum atomic E-state index is -0.499. The molecule has 1 saturated heterocycles. The predicted octanol–water partition coefficient (Wildman–Crippen LogP) is 5.50. The molecule has 3 aromatic carbocycles. The number of amides is 3. The maximum atomic E-state index is 13.0. The minimum Gasteiger partial charge on any atom is -0.496 e. The van der Waals surface area contributed by atoms with Crippen molar-refractivity contribution < 1.29 is 23.9 Å². The van der Waals surface area contributed by atoms with E-state index in [1.165, 1.54) is 30.9 Å². The molecule has 3 amide bonds. The number of rotatable bonds is 8. The highest BCUT2D eigenvalue weighted by atomic mass is 32.2. The van der Waals surface area contributed by atoms with Gasteiger partial charge in [-0.1, -0.05) is 32.0 Å². The number of carbonyl (C=O) groups is 3. The van der Waals surface area contributed by atoms with E-state index in [0.29, 0.717) is 34.4 Å². The van der Waals surface area contributed by atoms with Crippen LogP contribution in [0.25, 0.3) is 0 Å².